The lowest BCUT2D eigenvalue weighted by atomic mass is 10.1. The first-order chi connectivity index (χ1) is 12.0. The van der Waals surface area contributed by atoms with Crippen molar-refractivity contribution in [3.05, 3.63) is 69.7 Å². The molecule has 1 heterocycles. The molecule has 0 fully saturated rings. The summed E-state index contributed by atoms with van der Waals surface area (Å²) in [7, 11) is 0. The fraction of sp³-hybridized carbons (Fsp3) is 0.167. The number of nitrogens with zero attached hydrogens (tertiary/aromatic N) is 2. The van der Waals surface area contributed by atoms with Crippen LogP contribution in [0.1, 0.15) is 21.4 Å². The number of halogens is 1. The van der Waals surface area contributed by atoms with Crippen molar-refractivity contribution >= 4 is 46.3 Å². The highest BCUT2D eigenvalue weighted by molar-refractivity contribution is 8.01. The number of carbonyl (C=O) groups excluding carboxylic acids is 1. The van der Waals surface area contributed by atoms with Gasteiger partial charge in [0.05, 0.1) is 0 Å². The summed E-state index contributed by atoms with van der Waals surface area (Å²) >= 11 is 9.03. The molecule has 0 unspecified atom stereocenters. The van der Waals surface area contributed by atoms with E-state index in [1.54, 1.807) is 6.07 Å². The van der Waals surface area contributed by atoms with E-state index in [0.29, 0.717) is 10.7 Å². The molecular weight excluding hydrogens is 374 g/mol. The first-order valence-corrected chi connectivity index (χ1v) is 9.69. The number of aromatic nitrogens is 2. The predicted molar refractivity (Wildman–Crippen MR) is 105 cm³/mol. The van der Waals surface area contributed by atoms with Gasteiger partial charge in [-0.15, -0.1) is 10.2 Å². The molecule has 3 rings (SSSR count). The lowest BCUT2D eigenvalue weighted by molar-refractivity contribution is -0.115. The maximum atomic E-state index is 12.9. The molecule has 0 radical (unpaired) electrons. The second kappa shape index (κ2) is 7.99. The zero-order valence-corrected chi connectivity index (χ0v) is 16.1. The molecule has 7 heteroatoms. The molecule has 0 aliphatic heterocycles. The molecule has 0 aliphatic rings. The van der Waals surface area contributed by atoms with Crippen LogP contribution in [0.15, 0.2) is 52.9 Å². The average Bonchev–Trinajstić information content (AvgIpc) is 3.02. The fourth-order valence-electron chi connectivity index (χ4n) is 2.21. The number of hydrogen-bond acceptors (Lipinski definition) is 5. The Balaban J connectivity index is 1.85. The highest BCUT2D eigenvalue weighted by atomic mass is 35.5. The SMILES string of the molecule is Cc1nnc(S[C@@H](C(=O)Nc2ccc(C)c(Cl)c2)c2ccccc2)s1. The maximum Gasteiger partial charge on any atom is 0.242 e. The first kappa shape index (κ1) is 17.9. The van der Waals surface area contributed by atoms with Crippen LogP contribution in [0.2, 0.25) is 5.02 Å². The summed E-state index contributed by atoms with van der Waals surface area (Å²) in [5.74, 6) is -0.121. The van der Waals surface area contributed by atoms with Gasteiger partial charge in [-0.05, 0) is 37.1 Å². The van der Waals surface area contributed by atoms with Gasteiger partial charge in [0.25, 0.3) is 0 Å². The molecule has 0 saturated carbocycles. The van der Waals surface area contributed by atoms with Gasteiger partial charge in [-0.1, -0.05) is 71.1 Å². The van der Waals surface area contributed by atoms with Gasteiger partial charge >= 0.3 is 0 Å². The molecular formula is C18H16ClN3OS2. The van der Waals surface area contributed by atoms with Gasteiger partial charge in [0, 0.05) is 10.7 Å². The van der Waals surface area contributed by atoms with Crippen LogP contribution in [0.25, 0.3) is 0 Å². The standard InChI is InChI=1S/C18H16ClN3OS2/c1-11-8-9-14(10-15(11)19)20-17(23)16(13-6-4-3-5-7-13)25-18-22-21-12(2)24-18/h3-10,16H,1-2H3,(H,20,23)/t16-/m1/s1. The van der Waals surface area contributed by atoms with Gasteiger partial charge < -0.3 is 5.32 Å². The van der Waals surface area contributed by atoms with Crippen molar-refractivity contribution in [1.82, 2.24) is 10.2 Å². The summed E-state index contributed by atoms with van der Waals surface area (Å²) in [6, 6.07) is 15.1. The zero-order chi connectivity index (χ0) is 17.8. The number of hydrogen-bond donors (Lipinski definition) is 1. The highest BCUT2D eigenvalue weighted by Crippen LogP contribution is 2.37. The van der Waals surface area contributed by atoms with Crippen molar-refractivity contribution in [2.75, 3.05) is 5.32 Å². The minimum absolute atomic E-state index is 0.121. The van der Waals surface area contributed by atoms with E-state index in [4.69, 9.17) is 11.6 Å². The summed E-state index contributed by atoms with van der Waals surface area (Å²) in [5, 5.41) is 12.2. The Morgan fingerprint density at radius 2 is 1.92 bits per heavy atom. The molecule has 0 spiro atoms. The van der Waals surface area contributed by atoms with E-state index in [1.807, 2.05) is 56.3 Å². The van der Waals surface area contributed by atoms with Crippen LogP contribution in [0.3, 0.4) is 0 Å². The van der Waals surface area contributed by atoms with E-state index < -0.39 is 5.25 Å². The number of aryl methyl sites for hydroxylation is 2. The Morgan fingerprint density at radius 1 is 1.16 bits per heavy atom. The van der Waals surface area contributed by atoms with E-state index in [9.17, 15) is 4.79 Å². The molecule has 1 aromatic heterocycles. The zero-order valence-electron chi connectivity index (χ0n) is 13.7. The normalized spacial score (nSPS) is 12.0. The summed E-state index contributed by atoms with van der Waals surface area (Å²) in [5.41, 5.74) is 2.56. The smallest absolute Gasteiger partial charge is 0.242 e. The van der Waals surface area contributed by atoms with Gasteiger partial charge in [-0.25, -0.2) is 0 Å². The molecule has 4 nitrogen and oxygen atoms in total. The lowest BCUT2D eigenvalue weighted by Crippen LogP contribution is -2.19. The number of rotatable bonds is 5. The topological polar surface area (TPSA) is 54.9 Å². The molecule has 1 N–H and O–H groups in total. The second-order valence-electron chi connectivity index (χ2n) is 5.45. The molecule has 0 bridgehead atoms. The third-order valence-corrected chi connectivity index (χ3v) is 6.09. The summed E-state index contributed by atoms with van der Waals surface area (Å²) in [6.07, 6.45) is 0. The minimum Gasteiger partial charge on any atom is -0.325 e. The molecule has 3 aromatic rings. The Labute approximate surface area is 159 Å². The van der Waals surface area contributed by atoms with Gasteiger partial charge in [0.15, 0.2) is 4.34 Å². The summed E-state index contributed by atoms with van der Waals surface area (Å²) < 4.78 is 0.767. The largest absolute Gasteiger partial charge is 0.325 e. The molecule has 1 amide bonds. The van der Waals surface area contributed by atoms with Crippen molar-refractivity contribution in [3.63, 3.8) is 0 Å². The number of nitrogens with one attached hydrogen (secondary N) is 1. The quantitative estimate of drug-likeness (QED) is 0.603. The van der Waals surface area contributed by atoms with E-state index >= 15 is 0 Å². The second-order valence-corrected chi connectivity index (χ2v) is 8.39. The van der Waals surface area contributed by atoms with E-state index in [2.05, 4.69) is 15.5 Å². The third kappa shape index (κ3) is 4.60. The Hall–Kier alpha value is -1.89. The van der Waals surface area contributed by atoms with Gasteiger partial charge in [0.1, 0.15) is 10.3 Å². The van der Waals surface area contributed by atoms with E-state index in [1.165, 1.54) is 23.1 Å². The van der Waals surface area contributed by atoms with Crippen LogP contribution in [0.4, 0.5) is 5.69 Å². The number of anilines is 1. The average molecular weight is 390 g/mol. The van der Waals surface area contributed by atoms with Crippen molar-refractivity contribution in [3.8, 4) is 0 Å². The van der Waals surface area contributed by atoms with Crippen LogP contribution in [-0.4, -0.2) is 16.1 Å². The Morgan fingerprint density at radius 3 is 2.56 bits per heavy atom. The maximum absolute atomic E-state index is 12.9. The fourth-order valence-corrected chi connectivity index (χ4v) is 4.39. The predicted octanol–water partition coefficient (Wildman–Crippen LogP) is 5.28. The van der Waals surface area contributed by atoms with Gasteiger partial charge in [0.2, 0.25) is 5.91 Å². The molecule has 1 atom stereocenters. The summed E-state index contributed by atoms with van der Waals surface area (Å²) in [6.45, 7) is 3.82. The Bertz CT molecular complexity index is 883. The lowest BCUT2D eigenvalue weighted by Gasteiger charge is -2.16. The number of thioether (sulfide) groups is 1. The van der Waals surface area contributed by atoms with E-state index in [0.717, 1.165) is 20.5 Å². The molecule has 0 saturated heterocycles. The van der Waals surface area contributed by atoms with Crippen molar-refractivity contribution in [2.45, 2.75) is 23.4 Å². The van der Waals surface area contributed by atoms with Crippen molar-refractivity contribution < 1.29 is 4.79 Å². The molecule has 25 heavy (non-hydrogen) atoms. The van der Waals surface area contributed by atoms with E-state index in [-0.39, 0.29) is 5.91 Å². The number of carbonyl (C=O) groups is 1. The molecule has 0 aliphatic carbocycles. The monoisotopic (exact) mass is 389 g/mol. The van der Waals surface area contributed by atoms with Crippen LogP contribution >= 0.6 is 34.7 Å². The number of amides is 1. The molecule has 2 aromatic carbocycles. The van der Waals surface area contributed by atoms with Crippen LogP contribution in [0.5, 0.6) is 0 Å². The first-order valence-electron chi connectivity index (χ1n) is 7.61. The minimum atomic E-state index is -0.423. The van der Waals surface area contributed by atoms with Gasteiger partial charge in [-0.3, -0.25) is 4.79 Å². The highest BCUT2D eigenvalue weighted by Gasteiger charge is 2.24. The van der Waals surface area contributed by atoms with Crippen molar-refractivity contribution in [2.24, 2.45) is 0 Å². The van der Waals surface area contributed by atoms with Crippen LogP contribution < -0.4 is 5.32 Å². The van der Waals surface area contributed by atoms with Crippen molar-refractivity contribution in [1.29, 1.82) is 0 Å². The van der Waals surface area contributed by atoms with Crippen LogP contribution in [-0.2, 0) is 4.79 Å². The van der Waals surface area contributed by atoms with Gasteiger partial charge in [-0.2, -0.15) is 0 Å². The number of benzene rings is 2. The van der Waals surface area contributed by atoms with Crippen LogP contribution in [0, 0.1) is 13.8 Å². The summed E-state index contributed by atoms with van der Waals surface area (Å²) in [4.78, 5) is 12.9. The Kier molecular flexibility index (Phi) is 5.73. The third-order valence-electron chi connectivity index (χ3n) is 3.51. The molecule has 128 valence electrons.